The van der Waals surface area contributed by atoms with Crippen LogP contribution in [0.5, 0.6) is 0 Å². The van der Waals surface area contributed by atoms with Crippen molar-refractivity contribution in [3.8, 4) is 5.69 Å². The van der Waals surface area contributed by atoms with Gasteiger partial charge in [-0.15, -0.1) is 0 Å². The molecule has 2 aromatic rings. The Labute approximate surface area is 154 Å². The highest BCUT2D eigenvalue weighted by atomic mass is 16.6. The van der Waals surface area contributed by atoms with Gasteiger partial charge < -0.3 is 19.1 Å². The number of nitrogens with zero attached hydrogens (tertiary/aromatic N) is 3. The van der Waals surface area contributed by atoms with Gasteiger partial charge in [0.25, 0.3) is 5.91 Å². The van der Waals surface area contributed by atoms with Crippen LogP contribution in [0.15, 0.2) is 36.4 Å². The van der Waals surface area contributed by atoms with Gasteiger partial charge in [-0.25, -0.2) is 4.79 Å². The van der Waals surface area contributed by atoms with Crippen molar-refractivity contribution in [1.82, 2.24) is 14.4 Å². The average Bonchev–Trinajstić information content (AvgIpc) is 3.00. The molecule has 138 valence electrons. The Kier molecular flexibility index (Phi) is 5.30. The maximum absolute atomic E-state index is 12.7. The lowest BCUT2D eigenvalue weighted by atomic mass is 10.1. The fourth-order valence-corrected chi connectivity index (χ4v) is 3.32. The molecule has 0 saturated carbocycles. The highest BCUT2D eigenvalue weighted by molar-refractivity contribution is 5.94. The molecule has 6 heteroatoms. The Bertz CT molecular complexity index is 768. The van der Waals surface area contributed by atoms with E-state index < -0.39 is 0 Å². The first kappa shape index (κ1) is 18.0. The van der Waals surface area contributed by atoms with E-state index in [4.69, 9.17) is 4.74 Å². The van der Waals surface area contributed by atoms with E-state index in [-0.39, 0.29) is 12.0 Å². The summed E-state index contributed by atoms with van der Waals surface area (Å²) in [5.74, 6) is 0.000934. The number of rotatable bonds is 3. The number of carbonyl (C=O) groups excluding carboxylic acids is 2. The first-order chi connectivity index (χ1) is 12.5. The number of amides is 2. The minimum absolute atomic E-state index is 0.000934. The first-order valence-corrected chi connectivity index (χ1v) is 8.97. The number of piperazine rings is 1. The molecule has 1 aromatic heterocycles. The Hall–Kier alpha value is -2.76. The lowest BCUT2D eigenvalue weighted by Crippen LogP contribution is -2.50. The van der Waals surface area contributed by atoms with Crippen molar-refractivity contribution in [2.45, 2.75) is 20.8 Å². The monoisotopic (exact) mass is 355 g/mol. The van der Waals surface area contributed by atoms with Crippen molar-refractivity contribution in [3.05, 3.63) is 53.3 Å². The molecule has 0 unspecified atom stereocenters. The normalized spacial score (nSPS) is 14.4. The van der Waals surface area contributed by atoms with Crippen LogP contribution < -0.4 is 0 Å². The minimum Gasteiger partial charge on any atom is -0.450 e. The van der Waals surface area contributed by atoms with Gasteiger partial charge in [0.1, 0.15) is 0 Å². The van der Waals surface area contributed by atoms with Crippen LogP contribution in [-0.2, 0) is 4.74 Å². The van der Waals surface area contributed by atoms with Crippen molar-refractivity contribution >= 4 is 12.0 Å². The number of carbonyl (C=O) groups is 2. The molecular weight excluding hydrogens is 330 g/mol. The fraction of sp³-hybridized carbons (Fsp3) is 0.400. The van der Waals surface area contributed by atoms with Crippen LogP contribution in [0.3, 0.4) is 0 Å². The van der Waals surface area contributed by atoms with Gasteiger partial charge in [-0.3, -0.25) is 4.79 Å². The van der Waals surface area contributed by atoms with E-state index in [0.717, 1.165) is 17.1 Å². The molecule has 1 aliphatic heterocycles. The molecule has 0 aliphatic carbocycles. The van der Waals surface area contributed by atoms with Gasteiger partial charge in [0, 0.05) is 48.8 Å². The van der Waals surface area contributed by atoms with Gasteiger partial charge >= 0.3 is 6.09 Å². The van der Waals surface area contributed by atoms with Crippen molar-refractivity contribution in [2.75, 3.05) is 32.8 Å². The quantitative estimate of drug-likeness (QED) is 0.850. The number of ether oxygens (including phenoxy) is 1. The van der Waals surface area contributed by atoms with Crippen LogP contribution in [0.1, 0.15) is 28.7 Å². The van der Waals surface area contributed by atoms with Crippen molar-refractivity contribution < 1.29 is 14.3 Å². The van der Waals surface area contributed by atoms with E-state index >= 15 is 0 Å². The van der Waals surface area contributed by atoms with Gasteiger partial charge in [0.15, 0.2) is 0 Å². The SMILES string of the molecule is CCOC(=O)N1CCN(C(=O)c2ccc(-n3c(C)ccc3C)cc2)CC1. The molecule has 0 radical (unpaired) electrons. The summed E-state index contributed by atoms with van der Waals surface area (Å²) in [5, 5.41) is 0. The molecule has 2 amide bonds. The molecule has 0 N–H and O–H groups in total. The topological polar surface area (TPSA) is 54.8 Å². The standard InChI is InChI=1S/C20H25N3O3/c1-4-26-20(25)22-13-11-21(12-14-22)19(24)17-7-9-18(10-8-17)23-15(2)5-6-16(23)3/h5-10H,4,11-14H2,1-3H3. The Morgan fingerprint density at radius 1 is 0.885 bits per heavy atom. The second kappa shape index (κ2) is 7.64. The Balaban J connectivity index is 1.65. The number of aromatic nitrogens is 1. The lowest BCUT2D eigenvalue weighted by molar-refractivity contribution is 0.0570. The number of hydrogen-bond donors (Lipinski definition) is 0. The Morgan fingerprint density at radius 3 is 1.96 bits per heavy atom. The molecule has 26 heavy (non-hydrogen) atoms. The maximum Gasteiger partial charge on any atom is 0.409 e. The van der Waals surface area contributed by atoms with Crippen LogP contribution in [0, 0.1) is 13.8 Å². The zero-order valence-corrected chi connectivity index (χ0v) is 15.6. The number of hydrogen-bond acceptors (Lipinski definition) is 3. The highest BCUT2D eigenvalue weighted by Gasteiger charge is 2.25. The van der Waals surface area contributed by atoms with E-state index in [0.29, 0.717) is 38.3 Å². The molecule has 0 bridgehead atoms. The lowest BCUT2D eigenvalue weighted by Gasteiger charge is -2.34. The fourth-order valence-electron chi connectivity index (χ4n) is 3.32. The van der Waals surface area contributed by atoms with E-state index in [1.165, 1.54) is 0 Å². The molecule has 3 rings (SSSR count). The largest absolute Gasteiger partial charge is 0.450 e. The number of benzene rings is 1. The Morgan fingerprint density at radius 2 is 1.42 bits per heavy atom. The molecule has 2 heterocycles. The average molecular weight is 355 g/mol. The van der Waals surface area contributed by atoms with Gasteiger partial charge in [-0.1, -0.05) is 0 Å². The molecule has 1 fully saturated rings. The third-order valence-electron chi connectivity index (χ3n) is 4.74. The highest BCUT2D eigenvalue weighted by Crippen LogP contribution is 2.18. The van der Waals surface area contributed by atoms with Crippen LogP contribution in [0.4, 0.5) is 4.79 Å². The second-order valence-electron chi connectivity index (χ2n) is 6.48. The van der Waals surface area contributed by atoms with Crippen molar-refractivity contribution in [1.29, 1.82) is 0 Å². The second-order valence-corrected chi connectivity index (χ2v) is 6.48. The van der Waals surface area contributed by atoms with Crippen LogP contribution in [0.25, 0.3) is 5.69 Å². The summed E-state index contributed by atoms with van der Waals surface area (Å²) < 4.78 is 7.17. The summed E-state index contributed by atoms with van der Waals surface area (Å²) in [6.45, 7) is 8.34. The summed E-state index contributed by atoms with van der Waals surface area (Å²) in [6, 6.07) is 11.8. The summed E-state index contributed by atoms with van der Waals surface area (Å²) >= 11 is 0. The minimum atomic E-state index is -0.304. The van der Waals surface area contributed by atoms with E-state index in [9.17, 15) is 9.59 Å². The molecule has 1 aromatic carbocycles. The molecule has 0 spiro atoms. The zero-order valence-electron chi connectivity index (χ0n) is 15.6. The number of aryl methyl sites for hydroxylation is 2. The molecule has 1 saturated heterocycles. The van der Waals surface area contributed by atoms with Crippen LogP contribution >= 0.6 is 0 Å². The third kappa shape index (κ3) is 3.59. The van der Waals surface area contributed by atoms with E-state index in [1.54, 1.807) is 16.7 Å². The van der Waals surface area contributed by atoms with Gasteiger partial charge in [0.05, 0.1) is 6.61 Å². The smallest absolute Gasteiger partial charge is 0.409 e. The van der Waals surface area contributed by atoms with Gasteiger partial charge in [-0.05, 0) is 57.2 Å². The molecular formula is C20H25N3O3. The van der Waals surface area contributed by atoms with E-state index in [2.05, 4.69) is 30.5 Å². The summed E-state index contributed by atoms with van der Waals surface area (Å²) in [7, 11) is 0. The van der Waals surface area contributed by atoms with Crippen LogP contribution in [0.2, 0.25) is 0 Å². The predicted octanol–water partition coefficient (Wildman–Crippen LogP) is 3.01. The van der Waals surface area contributed by atoms with Crippen molar-refractivity contribution in [3.63, 3.8) is 0 Å². The molecule has 6 nitrogen and oxygen atoms in total. The van der Waals surface area contributed by atoms with E-state index in [1.807, 2.05) is 24.3 Å². The summed E-state index contributed by atoms with van der Waals surface area (Å²) in [4.78, 5) is 27.9. The van der Waals surface area contributed by atoms with Gasteiger partial charge in [-0.2, -0.15) is 0 Å². The van der Waals surface area contributed by atoms with Gasteiger partial charge in [0.2, 0.25) is 0 Å². The summed E-state index contributed by atoms with van der Waals surface area (Å²) in [5.41, 5.74) is 4.04. The molecule has 0 atom stereocenters. The maximum atomic E-state index is 12.7. The van der Waals surface area contributed by atoms with Crippen LogP contribution in [-0.4, -0.2) is 59.2 Å². The van der Waals surface area contributed by atoms with Crippen molar-refractivity contribution in [2.24, 2.45) is 0 Å². The third-order valence-corrected chi connectivity index (χ3v) is 4.74. The first-order valence-electron chi connectivity index (χ1n) is 8.97. The zero-order chi connectivity index (χ0) is 18.7. The predicted molar refractivity (Wildman–Crippen MR) is 99.7 cm³/mol. The molecule has 1 aliphatic rings. The summed E-state index contributed by atoms with van der Waals surface area (Å²) in [6.07, 6.45) is -0.304.